The molecular formula is C34H52N2O9. The van der Waals surface area contributed by atoms with Crippen LogP contribution in [0.3, 0.4) is 0 Å². The molecule has 2 aliphatic rings. The lowest BCUT2D eigenvalue weighted by Gasteiger charge is -2.36. The monoisotopic (exact) mass is 632 g/mol. The smallest absolute Gasteiger partial charge is 0.408 e. The van der Waals surface area contributed by atoms with Crippen molar-refractivity contribution in [3.63, 3.8) is 0 Å². The molecule has 45 heavy (non-hydrogen) atoms. The van der Waals surface area contributed by atoms with Crippen LogP contribution in [0.25, 0.3) is 0 Å². The number of nitrogens with one attached hydrogen (secondary N) is 1. The van der Waals surface area contributed by atoms with Gasteiger partial charge in [-0.25, -0.2) is 9.59 Å². The van der Waals surface area contributed by atoms with E-state index < -0.39 is 41.3 Å². The van der Waals surface area contributed by atoms with Gasteiger partial charge >= 0.3 is 18.0 Å². The summed E-state index contributed by atoms with van der Waals surface area (Å²) in [7, 11) is 1.29. The molecule has 1 saturated heterocycles. The zero-order valence-corrected chi connectivity index (χ0v) is 28.0. The van der Waals surface area contributed by atoms with E-state index in [1.54, 1.807) is 20.8 Å². The van der Waals surface area contributed by atoms with Crippen LogP contribution in [-0.2, 0) is 44.7 Å². The van der Waals surface area contributed by atoms with E-state index in [2.05, 4.69) is 5.32 Å². The largest absolute Gasteiger partial charge is 0.467 e. The Kier molecular flexibility index (Phi) is 13.2. The van der Waals surface area contributed by atoms with Crippen LogP contribution in [0.5, 0.6) is 0 Å². The number of likely N-dealkylation sites (tertiary alicyclic amines) is 1. The fourth-order valence-corrected chi connectivity index (χ4v) is 5.76. The second-order valence-electron chi connectivity index (χ2n) is 13.9. The summed E-state index contributed by atoms with van der Waals surface area (Å²) in [4.78, 5) is 54.0. The van der Waals surface area contributed by atoms with Crippen molar-refractivity contribution in [3.05, 3.63) is 35.9 Å². The number of hydrogen-bond acceptors (Lipinski definition) is 9. The minimum atomic E-state index is -0.947. The summed E-state index contributed by atoms with van der Waals surface area (Å²) in [5.41, 5.74) is -0.257. The molecular weight excluding hydrogens is 580 g/mol. The Morgan fingerprint density at radius 1 is 0.889 bits per heavy atom. The Hall–Kier alpha value is -3.18. The molecule has 0 bridgehead atoms. The van der Waals surface area contributed by atoms with Crippen molar-refractivity contribution in [2.24, 2.45) is 11.8 Å². The van der Waals surface area contributed by atoms with Gasteiger partial charge in [0, 0.05) is 26.2 Å². The third kappa shape index (κ3) is 11.9. The molecule has 3 unspecified atom stereocenters. The molecule has 1 heterocycles. The molecule has 11 heteroatoms. The molecule has 11 nitrogen and oxygen atoms in total. The Labute approximate surface area is 267 Å². The number of hydrogen-bond donors (Lipinski definition) is 1. The number of benzene rings is 1. The van der Waals surface area contributed by atoms with Gasteiger partial charge in [0.25, 0.3) is 0 Å². The molecule has 1 saturated carbocycles. The molecule has 252 valence electrons. The predicted octanol–water partition coefficient (Wildman–Crippen LogP) is 4.79. The minimum absolute atomic E-state index is 0.184. The molecule has 2 fully saturated rings. The van der Waals surface area contributed by atoms with E-state index in [9.17, 15) is 19.2 Å². The van der Waals surface area contributed by atoms with Crippen LogP contribution < -0.4 is 5.32 Å². The number of nitrogens with zero attached hydrogens (tertiary/aromatic N) is 1. The first kappa shape index (κ1) is 36.3. The number of methoxy groups -OCH3 is 1. The Morgan fingerprint density at radius 2 is 1.53 bits per heavy atom. The van der Waals surface area contributed by atoms with Crippen LogP contribution in [0.1, 0.15) is 85.6 Å². The molecule has 3 rings (SSSR count). The summed E-state index contributed by atoms with van der Waals surface area (Å²) in [6, 6.07) is 8.11. The highest BCUT2D eigenvalue weighted by atomic mass is 16.6. The summed E-state index contributed by atoms with van der Waals surface area (Å²) in [5.74, 6) is -1.72. The van der Waals surface area contributed by atoms with Crippen molar-refractivity contribution < 1.29 is 42.9 Å². The van der Waals surface area contributed by atoms with Gasteiger partial charge in [-0.05, 0) is 85.1 Å². The van der Waals surface area contributed by atoms with Gasteiger partial charge in [0.2, 0.25) is 5.91 Å². The van der Waals surface area contributed by atoms with E-state index in [0.717, 1.165) is 5.56 Å². The van der Waals surface area contributed by atoms with Gasteiger partial charge in [0.15, 0.2) is 0 Å². The van der Waals surface area contributed by atoms with E-state index in [1.165, 1.54) is 12.0 Å². The number of carbonyl (C=O) groups excluding carboxylic acids is 4. The van der Waals surface area contributed by atoms with Gasteiger partial charge in [0.1, 0.15) is 23.3 Å². The summed E-state index contributed by atoms with van der Waals surface area (Å²) < 4.78 is 27.9. The fourth-order valence-electron chi connectivity index (χ4n) is 5.76. The topological polar surface area (TPSA) is 130 Å². The number of amides is 2. The maximum Gasteiger partial charge on any atom is 0.408 e. The van der Waals surface area contributed by atoms with Crippen molar-refractivity contribution in [1.82, 2.24) is 10.2 Å². The Morgan fingerprint density at radius 3 is 2.13 bits per heavy atom. The van der Waals surface area contributed by atoms with Crippen LogP contribution in [0, 0.1) is 11.8 Å². The fraction of sp³-hybridized carbons (Fsp3) is 0.706. The van der Waals surface area contributed by atoms with Crippen LogP contribution in [0.2, 0.25) is 0 Å². The molecule has 1 aliphatic carbocycles. The number of carbonyl (C=O) groups is 4. The second-order valence-corrected chi connectivity index (χ2v) is 13.9. The van der Waals surface area contributed by atoms with Gasteiger partial charge in [-0.15, -0.1) is 0 Å². The van der Waals surface area contributed by atoms with Crippen LogP contribution >= 0.6 is 0 Å². The van der Waals surface area contributed by atoms with E-state index in [4.69, 9.17) is 23.7 Å². The van der Waals surface area contributed by atoms with Gasteiger partial charge in [-0.1, -0.05) is 30.3 Å². The summed E-state index contributed by atoms with van der Waals surface area (Å²) in [5, 5.41) is 2.80. The van der Waals surface area contributed by atoms with E-state index in [-0.39, 0.29) is 36.9 Å². The van der Waals surface area contributed by atoms with Crippen LogP contribution in [-0.4, -0.2) is 85.1 Å². The SMILES string of the molecule is COC(=O)C1CC(OCCCOCc2ccccc2)CN1C(=O)C(NC(=O)OC(C)(C)C)C1CCC(C(=O)OC(C)(C)C)CC1. The van der Waals surface area contributed by atoms with Gasteiger partial charge in [0.05, 0.1) is 25.7 Å². The van der Waals surface area contributed by atoms with Crippen molar-refractivity contribution in [1.29, 1.82) is 0 Å². The van der Waals surface area contributed by atoms with E-state index in [1.807, 2.05) is 51.1 Å². The molecule has 3 atom stereocenters. The van der Waals surface area contributed by atoms with Gasteiger partial charge in [-0.2, -0.15) is 0 Å². The molecule has 1 aliphatic heterocycles. The van der Waals surface area contributed by atoms with Gasteiger partial charge in [-0.3, -0.25) is 9.59 Å². The van der Waals surface area contributed by atoms with Crippen LogP contribution in [0.4, 0.5) is 4.79 Å². The highest BCUT2D eigenvalue weighted by molar-refractivity contribution is 5.90. The Bertz CT molecular complexity index is 1120. The number of esters is 2. The highest BCUT2D eigenvalue weighted by Crippen LogP contribution is 2.34. The number of rotatable bonds is 12. The molecule has 0 radical (unpaired) electrons. The number of alkyl carbamates (subject to hydrolysis) is 1. The van der Waals surface area contributed by atoms with Crippen molar-refractivity contribution in [2.75, 3.05) is 26.9 Å². The maximum atomic E-state index is 14.2. The molecule has 1 aromatic carbocycles. The second kappa shape index (κ2) is 16.4. The lowest BCUT2D eigenvalue weighted by Crippen LogP contribution is -2.56. The third-order valence-corrected chi connectivity index (χ3v) is 7.84. The average Bonchev–Trinajstić information content (AvgIpc) is 3.40. The first-order valence-electron chi connectivity index (χ1n) is 16.0. The van der Waals surface area contributed by atoms with Crippen molar-refractivity contribution in [3.8, 4) is 0 Å². The lowest BCUT2D eigenvalue weighted by molar-refractivity contribution is -0.161. The summed E-state index contributed by atoms with van der Waals surface area (Å²) in [6.45, 7) is 12.4. The zero-order chi connectivity index (χ0) is 33.2. The average molecular weight is 633 g/mol. The first-order chi connectivity index (χ1) is 21.2. The first-order valence-corrected chi connectivity index (χ1v) is 16.0. The predicted molar refractivity (Wildman–Crippen MR) is 167 cm³/mol. The summed E-state index contributed by atoms with van der Waals surface area (Å²) >= 11 is 0. The van der Waals surface area contributed by atoms with Crippen molar-refractivity contribution in [2.45, 2.75) is 116 Å². The third-order valence-electron chi connectivity index (χ3n) is 7.84. The van der Waals surface area contributed by atoms with Crippen LogP contribution in [0.15, 0.2) is 30.3 Å². The maximum absolute atomic E-state index is 14.2. The highest BCUT2D eigenvalue weighted by Gasteiger charge is 2.46. The molecule has 1 aromatic rings. The normalized spacial score (nSPS) is 22.8. The summed E-state index contributed by atoms with van der Waals surface area (Å²) in [6.07, 6.45) is 1.95. The molecule has 0 spiro atoms. The minimum Gasteiger partial charge on any atom is -0.467 e. The van der Waals surface area contributed by atoms with Crippen molar-refractivity contribution >= 4 is 23.9 Å². The Balaban J connectivity index is 1.64. The zero-order valence-electron chi connectivity index (χ0n) is 28.0. The van der Waals surface area contributed by atoms with Gasteiger partial charge < -0.3 is 33.9 Å². The quantitative estimate of drug-likeness (QED) is 0.196. The van der Waals surface area contributed by atoms with E-state index >= 15 is 0 Å². The number of ether oxygens (including phenoxy) is 5. The molecule has 2 amide bonds. The molecule has 0 aromatic heterocycles. The standard InChI is InChI=1S/C34H52N2O9/c1-33(2,3)44-30(38)25-16-14-24(15-17-25)28(35-32(40)45-34(4,5)6)29(37)36-21-26(20-27(36)31(39)41-7)43-19-11-18-42-22-23-12-9-8-10-13-23/h8-10,12-13,24-28H,11,14-22H2,1-7H3,(H,35,40). The molecule has 1 N–H and O–H groups in total. The van der Waals surface area contributed by atoms with E-state index in [0.29, 0.717) is 51.9 Å². The lowest BCUT2D eigenvalue weighted by atomic mass is 9.78.